The zero-order valence-corrected chi connectivity index (χ0v) is 10.4. The molecule has 0 saturated carbocycles. The quantitative estimate of drug-likeness (QED) is 0.749. The van der Waals surface area contributed by atoms with Crippen LogP contribution >= 0.6 is 0 Å². The molecule has 0 unspecified atom stereocenters. The molecule has 0 aliphatic rings. The first-order valence-electron chi connectivity index (χ1n) is 5.94. The van der Waals surface area contributed by atoms with Gasteiger partial charge in [0, 0.05) is 19.2 Å². The number of rotatable bonds is 5. The van der Waals surface area contributed by atoms with Crippen molar-refractivity contribution in [3.63, 3.8) is 0 Å². The highest BCUT2D eigenvalue weighted by atomic mass is 15.1. The van der Waals surface area contributed by atoms with Crippen LogP contribution in [0.1, 0.15) is 12.5 Å². The average molecular weight is 243 g/mol. The molecule has 1 heterocycles. The maximum absolute atomic E-state index is 5.66. The molecule has 2 aromatic rings. The number of benzene rings is 1. The fourth-order valence-corrected chi connectivity index (χ4v) is 1.62. The van der Waals surface area contributed by atoms with Crippen molar-refractivity contribution >= 4 is 17.6 Å². The first-order chi connectivity index (χ1) is 8.78. The first kappa shape index (κ1) is 12.2. The van der Waals surface area contributed by atoms with E-state index in [9.17, 15) is 0 Å². The van der Waals surface area contributed by atoms with Crippen LogP contribution in [0.4, 0.5) is 17.6 Å². The van der Waals surface area contributed by atoms with Gasteiger partial charge in [-0.1, -0.05) is 30.3 Å². The summed E-state index contributed by atoms with van der Waals surface area (Å²) in [5, 5.41) is 6.35. The topological polar surface area (TPSA) is 75.9 Å². The van der Waals surface area contributed by atoms with Crippen LogP contribution in [0.5, 0.6) is 0 Å². The number of hydrogen-bond donors (Lipinski definition) is 3. The second-order valence-electron chi connectivity index (χ2n) is 3.87. The van der Waals surface area contributed by atoms with Gasteiger partial charge in [0.05, 0.1) is 0 Å². The van der Waals surface area contributed by atoms with Gasteiger partial charge in [-0.05, 0) is 12.5 Å². The zero-order chi connectivity index (χ0) is 12.8. The molecule has 2 rings (SSSR count). The van der Waals surface area contributed by atoms with Crippen molar-refractivity contribution in [1.82, 2.24) is 9.97 Å². The summed E-state index contributed by atoms with van der Waals surface area (Å²) in [5.41, 5.74) is 6.85. The minimum Gasteiger partial charge on any atom is -0.370 e. The number of nitrogen functional groups attached to an aromatic ring is 1. The molecule has 1 aromatic heterocycles. The molecule has 0 aliphatic carbocycles. The SMILES string of the molecule is CCNc1cc(NCc2ccccc2)nc(N)n1. The van der Waals surface area contributed by atoms with E-state index in [-0.39, 0.29) is 5.95 Å². The van der Waals surface area contributed by atoms with Gasteiger partial charge in [-0.3, -0.25) is 0 Å². The summed E-state index contributed by atoms with van der Waals surface area (Å²) in [5.74, 6) is 1.73. The lowest BCUT2D eigenvalue weighted by molar-refractivity contribution is 1.08. The summed E-state index contributed by atoms with van der Waals surface area (Å²) in [6, 6.07) is 12.0. The molecule has 0 spiro atoms. The van der Waals surface area contributed by atoms with Crippen LogP contribution in [0.3, 0.4) is 0 Å². The molecule has 18 heavy (non-hydrogen) atoms. The third-order valence-electron chi connectivity index (χ3n) is 2.42. The summed E-state index contributed by atoms with van der Waals surface area (Å²) in [6.45, 7) is 3.52. The number of aromatic nitrogens is 2. The highest BCUT2D eigenvalue weighted by Gasteiger charge is 2.01. The maximum atomic E-state index is 5.66. The van der Waals surface area contributed by atoms with Gasteiger partial charge in [0.2, 0.25) is 5.95 Å². The lowest BCUT2D eigenvalue weighted by atomic mass is 10.2. The molecule has 0 saturated heterocycles. The Labute approximate surface area is 106 Å². The lowest BCUT2D eigenvalue weighted by Gasteiger charge is -2.09. The monoisotopic (exact) mass is 243 g/mol. The molecule has 0 bridgehead atoms. The molecule has 1 aromatic carbocycles. The zero-order valence-electron chi connectivity index (χ0n) is 10.4. The highest BCUT2D eigenvalue weighted by Crippen LogP contribution is 2.13. The van der Waals surface area contributed by atoms with Crippen molar-refractivity contribution in [2.24, 2.45) is 0 Å². The maximum Gasteiger partial charge on any atom is 0.223 e. The lowest BCUT2D eigenvalue weighted by Crippen LogP contribution is -2.07. The Morgan fingerprint density at radius 2 is 1.72 bits per heavy atom. The van der Waals surface area contributed by atoms with E-state index in [0.717, 1.165) is 18.2 Å². The van der Waals surface area contributed by atoms with E-state index in [0.29, 0.717) is 6.54 Å². The Morgan fingerprint density at radius 3 is 2.39 bits per heavy atom. The third kappa shape index (κ3) is 3.35. The van der Waals surface area contributed by atoms with Crippen molar-refractivity contribution in [2.75, 3.05) is 22.9 Å². The Kier molecular flexibility index (Phi) is 3.96. The molecule has 5 nitrogen and oxygen atoms in total. The van der Waals surface area contributed by atoms with E-state index < -0.39 is 0 Å². The van der Waals surface area contributed by atoms with Crippen molar-refractivity contribution in [3.8, 4) is 0 Å². The van der Waals surface area contributed by atoms with Crippen molar-refractivity contribution in [2.45, 2.75) is 13.5 Å². The minimum atomic E-state index is 0.268. The number of hydrogen-bond acceptors (Lipinski definition) is 5. The second kappa shape index (κ2) is 5.86. The van der Waals surface area contributed by atoms with Crippen molar-refractivity contribution < 1.29 is 0 Å². The summed E-state index contributed by atoms with van der Waals surface area (Å²) in [7, 11) is 0. The van der Waals surface area contributed by atoms with Crippen LogP contribution in [-0.2, 0) is 6.54 Å². The summed E-state index contributed by atoms with van der Waals surface area (Å²) in [4.78, 5) is 8.24. The number of anilines is 3. The van der Waals surface area contributed by atoms with Gasteiger partial charge in [0.15, 0.2) is 0 Å². The first-order valence-corrected chi connectivity index (χ1v) is 5.94. The summed E-state index contributed by atoms with van der Waals surface area (Å²) < 4.78 is 0. The van der Waals surface area contributed by atoms with Crippen LogP contribution in [0.25, 0.3) is 0 Å². The van der Waals surface area contributed by atoms with Gasteiger partial charge < -0.3 is 16.4 Å². The smallest absolute Gasteiger partial charge is 0.223 e. The Balaban J connectivity index is 2.05. The third-order valence-corrected chi connectivity index (χ3v) is 2.42. The van der Waals surface area contributed by atoms with Gasteiger partial charge in [0.1, 0.15) is 11.6 Å². The van der Waals surface area contributed by atoms with Crippen molar-refractivity contribution in [3.05, 3.63) is 42.0 Å². The van der Waals surface area contributed by atoms with Crippen molar-refractivity contribution in [1.29, 1.82) is 0 Å². The van der Waals surface area contributed by atoms with Crippen LogP contribution in [0, 0.1) is 0 Å². The fourth-order valence-electron chi connectivity index (χ4n) is 1.62. The van der Waals surface area contributed by atoms with Crippen LogP contribution in [0.15, 0.2) is 36.4 Å². The van der Waals surface area contributed by atoms with Gasteiger partial charge in [-0.25, -0.2) is 0 Å². The normalized spacial score (nSPS) is 10.1. The van der Waals surface area contributed by atoms with Gasteiger partial charge in [-0.15, -0.1) is 0 Å². The number of nitrogens with zero attached hydrogens (tertiary/aromatic N) is 2. The van der Waals surface area contributed by atoms with Crippen LogP contribution < -0.4 is 16.4 Å². The number of nitrogens with one attached hydrogen (secondary N) is 2. The van der Waals surface area contributed by atoms with Gasteiger partial charge >= 0.3 is 0 Å². The van der Waals surface area contributed by atoms with Gasteiger partial charge in [-0.2, -0.15) is 9.97 Å². The Hall–Kier alpha value is -2.30. The largest absolute Gasteiger partial charge is 0.370 e. The molecular formula is C13H17N5. The molecule has 0 amide bonds. The predicted molar refractivity (Wildman–Crippen MR) is 74.4 cm³/mol. The van der Waals surface area contributed by atoms with Crippen LogP contribution in [-0.4, -0.2) is 16.5 Å². The molecule has 4 N–H and O–H groups in total. The van der Waals surface area contributed by atoms with Gasteiger partial charge in [0.25, 0.3) is 0 Å². The Morgan fingerprint density at radius 1 is 1.06 bits per heavy atom. The van der Waals surface area contributed by atoms with E-state index in [1.807, 2.05) is 31.2 Å². The standard InChI is InChI=1S/C13H17N5/c1-2-15-11-8-12(18-13(14)17-11)16-9-10-6-4-3-5-7-10/h3-8H,2,9H2,1H3,(H4,14,15,16,17,18). The molecule has 0 radical (unpaired) electrons. The van der Waals surface area contributed by atoms with E-state index in [1.165, 1.54) is 5.56 Å². The van der Waals surface area contributed by atoms with E-state index >= 15 is 0 Å². The summed E-state index contributed by atoms with van der Waals surface area (Å²) in [6.07, 6.45) is 0. The van der Waals surface area contributed by atoms with E-state index in [2.05, 4.69) is 32.7 Å². The summed E-state index contributed by atoms with van der Waals surface area (Å²) >= 11 is 0. The fraction of sp³-hybridized carbons (Fsp3) is 0.231. The molecule has 94 valence electrons. The van der Waals surface area contributed by atoms with E-state index in [4.69, 9.17) is 5.73 Å². The van der Waals surface area contributed by atoms with E-state index in [1.54, 1.807) is 0 Å². The van der Waals surface area contributed by atoms with Crippen LogP contribution in [0.2, 0.25) is 0 Å². The molecular weight excluding hydrogens is 226 g/mol. The number of nitrogens with two attached hydrogens (primary N) is 1. The Bertz CT molecular complexity index is 498. The second-order valence-corrected chi connectivity index (χ2v) is 3.87. The minimum absolute atomic E-state index is 0.268. The predicted octanol–water partition coefficient (Wildman–Crippen LogP) is 2.10. The molecule has 5 heteroatoms. The average Bonchev–Trinajstić information content (AvgIpc) is 2.37. The molecule has 0 fully saturated rings. The molecule has 0 aliphatic heterocycles. The molecule has 0 atom stereocenters. The highest BCUT2D eigenvalue weighted by molar-refractivity contribution is 5.51.